The van der Waals surface area contributed by atoms with Crippen molar-refractivity contribution < 1.29 is 5.11 Å². The van der Waals surface area contributed by atoms with Crippen LogP contribution < -0.4 is 5.43 Å². The van der Waals surface area contributed by atoms with Crippen LogP contribution in [0, 0.1) is 0 Å². The number of aromatic nitrogens is 3. The van der Waals surface area contributed by atoms with Gasteiger partial charge in [-0.3, -0.25) is 0 Å². The molecule has 1 aromatic heterocycles. The Morgan fingerprint density at radius 3 is 2.17 bits per heavy atom. The highest BCUT2D eigenvalue weighted by atomic mass is 79.9. The zero-order valence-electron chi connectivity index (χ0n) is 15.2. The third kappa shape index (κ3) is 4.47. The average molecular weight is 446 g/mol. The minimum Gasteiger partial charge on any atom is -0.507 e. The molecule has 0 spiro atoms. The molecule has 0 atom stereocenters. The summed E-state index contributed by atoms with van der Waals surface area (Å²) in [6.45, 7) is 0. The van der Waals surface area contributed by atoms with Crippen LogP contribution in [-0.2, 0) is 0 Å². The highest BCUT2D eigenvalue weighted by molar-refractivity contribution is 9.10. The SMILES string of the molecule is Oc1ccc(Br)cc1/C=N\Nc1nnc(-c2ccccc2)c(-c2ccccc2)n1. The molecular formula is C22H16BrN5O. The van der Waals surface area contributed by atoms with E-state index in [9.17, 15) is 5.11 Å². The Balaban J connectivity index is 1.67. The van der Waals surface area contributed by atoms with E-state index in [0.717, 1.165) is 15.6 Å². The molecule has 29 heavy (non-hydrogen) atoms. The molecule has 0 aliphatic carbocycles. The minimum atomic E-state index is 0.127. The fourth-order valence-electron chi connectivity index (χ4n) is 2.75. The van der Waals surface area contributed by atoms with Gasteiger partial charge in [0.05, 0.1) is 6.21 Å². The van der Waals surface area contributed by atoms with Crippen molar-refractivity contribution in [3.63, 3.8) is 0 Å². The summed E-state index contributed by atoms with van der Waals surface area (Å²) in [4.78, 5) is 4.62. The Morgan fingerprint density at radius 1 is 0.828 bits per heavy atom. The molecule has 2 N–H and O–H groups in total. The zero-order chi connectivity index (χ0) is 20.1. The normalized spacial score (nSPS) is 10.9. The lowest BCUT2D eigenvalue weighted by Crippen LogP contribution is -2.03. The van der Waals surface area contributed by atoms with Gasteiger partial charge in [0.25, 0.3) is 5.95 Å². The molecule has 3 aromatic carbocycles. The number of phenols is 1. The van der Waals surface area contributed by atoms with Gasteiger partial charge in [0.15, 0.2) is 0 Å². The molecular weight excluding hydrogens is 430 g/mol. The van der Waals surface area contributed by atoms with Crippen LogP contribution in [0.15, 0.2) is 88.4 Å². The van der Waals surface area contributed by atoms with Crippen LogP contribution in [0.5, 0.6) is 5.75 Å². The lowest BCUT2D eigenvalue weighted by atomic mass is 10.0. The third-order valence-electron chi connectivity index (χ3n) is 4.14. The van der Waals surface area contributed by atoms with Crippen LogP contribution in [-0.4, -0.2) is 26.5 Å². The second-order valence-electron chi connectivity index (χ2n) is 6.14. The maximum Gasteiger partial charge on any atom is 0.263 e. The molecule has 0 bridgehead atoms. The maximum absolute atomic E-state index is 9.90. The van der Waals surface area contributed by atoms with Crippen molar-refractivity contribution in [2.75, 3.05) is 5.43 Å². The van der Waals surface area contributed by atoms with Gasteiger partial charge < -0.3 is 5.11 Å². The Kier molecular flexibility index (Phi) is 5.58. The number of nitrogens with one attached hydrogen (secondary N) is 1. The molecule has 0 fully saturated rings. The summed E-state index contributed by atoms with van der Waals surface area (Å²) in [5.41, 5.74) is 6.60. The first-order valence-electron chi connectivity index (χ1n) is 8.84. The van der Waals surface area contributed by atoms with Gasteiger partial charge >= 0.3 is 0 Å². The third-order valence-corrected chi connectivity index (χ3v) is 4.63. The lowest BCUT2D eigenvalue weighted by molar-refractivity contribution is 0.474. The fourth-order valence-corrected chi connectivity index (χ4v) is 3.13. The number of hydrazone groups is 1. The summed E-state index contributed by atoms with van der Waals surface area (Å²) in [5, 5.41) is 22.6. The van der Waals surface area contributed by atoms with Crippen LogP contribution in [0.25, 0.3) is 22.5 Å². The Morgan fingerprint density at radius 2 is 1.48 bits per heavy atom. The molecule has 0 saturated heterocycles. The standard InChI is InChI=1S/C22H16BrN5O/c23-18-11-12-19(29)17(13-18)14-24-27-22-25-20(15-7-3-1-4-8-15)21(26-28-22)16-9-5-2-6-10-16/h1-14,29H,(H,25,27,28)/b24-14-. The van der Waals surface area contributed by atoms with Gasteiger partial charge in [-0.05, 0) is 18.2 Å². The highest BCUT2D eigenvalue weighted by Crippen LogP contribution is 2.28. The second kappa shape index (κ2) is 8.62. The molecule has 7 heteroatoms. The number of rotatable bonds is 5. The first kappa shape index (κ1) is 18.8. The number of aromatic hydroxyl groups is 1. The van der Waals surface area contributed by atoms with Crippen molar-refractivity contribution in [1.29, 1.82) is 0 Å². The van der Waals surface area contributed by atoms with Gasteiger partial charge in [0, 0.05) is 21.2 Å². The quantitative estimate of drug-likeness (QED) is 0.329. The van der Waals surface area contributed by atoms with Crippen molar-refractivity contribution in [2.24, 2.45) is 5.10 Å². The van der Waals surface area contributed by atoms with E-state index in [4.69, 9.17) is 0 Å². The summed E-state index contributed by atoms with van der Waals surface area (Å²) in [7, 11) is 0. The number of hydrogen-bond acceptors (Lipinski definition) is 6. The van der Waals surface area contributed by atoms with Crippen LogP contribution in [0.4, 0.5) is 5.95 Å². The van der Waals surface area contributed by atoms with Gasteiger partial charge in [-0.25, -0.2) is 10.4 Å². The number of nitrogens with zero attached hydrogens (tertiary/aromatic N) is 4. The van der Waals surface area contributed by atoms with Crippen LogP contribution in [0.3, 0.4) is 0 Å². The van der Waals surface area contributed by atoms with Crippen LogP contribution in [0.2, 0.25) is 0 Å². The molecule has 0 radical (unpaired) electrons. The average Bonchev–Trinajstić information content (AvgIpc) is 2.77. The van der Waals surface area contributed by atoms with E-state index < -0.39 is 0 Å². The zero-order valence-corrected chi connectivity index (χ0v) is 16.8. The minimum absolute atomic E-state index is 0.127. The van der Waals surface area contributed by atoms with E-state index in [1.807, 2.05) is 60.7 Å². The van der Waals surface area contributed by atoms with E-state index in [1.54, 1.807) is 18.2 Å². The summed E-state index contributed by atoms with van der Waals surface area (Å²) in [6.07, 6.45) is 1.50. The van der Waals surface area contributed by atoms with Gasteiger partial charge in [-0.15, -0.1) is 10.2 Å². The Hall–Kier alpha value is -3.58. The number of halogens is 1. The lowest BCUT2D eigenvalue weighted by Gasteiger charge is -2.09. The molecule has 0 saturated carbocycles. The highest BCUT2D eigenvalue weighted by Gasteiger charge is 2.13. The van der Waals surface area contributed by atoms with Crippen molar-refractivity contribution >= 4 is 28.1 Å². The van der Waals surface area contributed by atoms with Gasteiger partial charge in [0.2, 0.25) is 0 Å². The summed E-state index contributed by atoms with van der Waals surface area (Å²) in [6, 6.07) is 24.7. The molecule has 0 aliphatic heterocycles. The predicted molar refractivity (Wildman–Crippen MR) is 118 cm³/mol. The van der Waals surface area contributed by atoms with Crippen molar-refractivity contribution in [3.8, 4) is 28.3 Å². The molecule has 1 heterocycles. The molecule has 0 unspecified atom stereocenters. The number of anilines is 1. The van der Waals surface area contributed by atoms with Crippen LogP contribution in [0.1, 0.15) is 5.56 Å². The summed E-state index contributed by atoms with van der Waals surface area (Å²) in [5.74, 6) is 0.386. The van der Waals surface area contributed by atoms with E-state index in [-0.39, 0.29) is 11.7 Å². The van der Waals surface area contributed by atoms with Crippen molar-refractivity contribution in [1.82, 2.24) is 15.2 Å². The maximum atomic E-state index is 9.90. The molecule has 6 nitrogen and oxygen atoms in total. The van der Waals surface area contributed by atoms with E-state index >= 15 is 0 Å². The van der Waals surface area contributed by atoms with E-state index in [0.29, 0.717) is 17.0 Å². The number of benzene rings is 3. The largest absolute Gasteiger partial charge is 0.507 e. The second-order valence-corrected chi connectivity index (χ2v) is 7.05. The van der Waals surface area contributed by atoms with E-state index in [2.05, 4.69) is 41.6 Å². The molecule has 142 valence electrons. The fraction of sp³-hybridized carbons (Fsp3) is 0. The van der Waals surface area contributed by atoms with E-state index in [1.165, 1.54) is 6.21 Å². The predicted octanol–water partition coefficient (Wildman–Crippen LogP) is 5.12. The monoisotopic (exact) mass is 445 g/mol. The Bertz CT molecular complexity index is 1150. The molecule has 4 aromatic rings. The smallest absolute Gasteiger partial charge is 0.263 e. The Labute approximate surface area is 176 Å². The first-order chi connectivity index (χ1) is 14.2. The molecule has 0 aliphatic rings. The summed E-state index contributed by atoms with van der Waals surface area (Å²) < 4.78 is 0.841. The number of hydrogen-bond donors (Lipinski definition) is 2. The number of phenolic OH excluding ortho intramolecular Hbond substituents is 1. The molecule has 4 rings (SSSR count). The summed E-state index contributed by atoms with van der Waals surface area (Å²) >= 11 is 3.37. The van der Waals surface area contributed by atoms with Gasteiger partial charge in [-0.1, -0.05) is 76.6 Å². The van der Waals surface area contributed by atoms with Crippen LogP contribution >= 0.6 is 15.9 Å². The van der Waals surface area contributed by atoms with Gasteiger partial charge in [-0.2, -0.15) is 5.10 Å². The van der Waals surface area contributed by atoms with Crippen molar-refractivity contribution in [2.45, 2.75) is 0 Å². The first-order valence-corrected chi connectivity index (χ1v) is 9.63. The topological polar surface area (TPSA) is 83.3 Å². The van der Waals surface area contributed by atoms with Crippen molar-refractivity contribution in [3.05, 3.63) is 88.9 Å². The molecule has 0 amide bonds. The van der Waals surface area contributed by atoms with Gasteiger partial charge in [0.1, 0.15) is 17.1 Å².